The SMILES string of the molecule is FC(F)(F)c1cc(Cl)ccc1NC1CC2CCC1C2. The Kier molecular flexibility index (Phi) is 3.16. The fraction of sp³-hybridized carbons (Fsp3) is 0.571. The van der Waals surface area contributed by atoms with E-state index in [9.17, 15) is 13.2 Å². The molecule has 0 aromatic heterocycles. The van der Waals surface area contributed by atoms with Crippen LogP contribution in [0.4, 0.5) is 18.9 Å². The maximum Gasteiger partial charge on any atom is 0.418 e. The smallest absolute Gasteiger partial charge is 0.382 e. The second-order valence-electron chi connectivity index (χ2n) is 5.61. The molecule has 2 fully saturated rings. The zero-order valence-electron chi connectivity index (χ0n) is 10.3. The van der Waals surface area contributed by atoms with Crippen LogP contribution in [-0.2, 0) is 6.18 Å². The molecule has 0 heterocycles. The van der Waals surface area contributed by atoms with Gasteiger partial charge in [0.25, 0.3) is 0 Å². The second kappa shape index (κ2) is 4.58. The lowest BCUT2D eigenvalue weighted by atomic mass is 9.95. The monoisotopic (exact) mass is 289 g/mol. The van der Waals surface area contributed by atoms with Crippen LogP contribution in [0.3, 0.4) is 0 Å². The molecular formula is C14H15ClF3N. The molecule has 19 heavy (non-hydrogen) atoms. The summed E-state index contributed by atoms with van der Waals surface area (Å²) in [6, 6.07) is 4.13. The second-order valence-corrected chi connectivity index (χ2v) is 6.05. The van der Waals surface area contributed by atoms with Crippen molar-refractivity contribution in [1.82, 2.24) is 0 Å². The Morgan fingerprint density at radius 2 is 1.95 bits per heavy atom. The van der Waals surface area contributed by atoms with E-state index in [1.54, 1.807) is 0 Å². The molecule has 1 aromatic carbocycles. The van der Waals surface area contributed by atoms with Gasteiger partial charge in [-0.1, -0.05) is 18.0 Å². The van der Waals surface area contributed by atoms with Crippen molar-refractivity contribution in [3.05, 3.63) is 28.8 Å². The van der Waals surface area contributed by atoms with Gasteiger partial charge >= 0.3 is 6.18 Å². The van der Waals surface area contributed by atoms with Gasteiger partial charge in [0.05, 0.1) is 5.56 Å². The van der Waals surface area contributed by atoms with Gasteiger partial charge in [-0.2, -0.15) is 13.2 Å². The van der Waals surface area contributed by atoms with E-state index in [-0.39, 0.29) is 16.8 Å². The molecule has 1 aromatic rings. The van der Waals surface area contributed by atoms with Crippen molar-refractivity contribution in [2.75, 3.05) is 5.32 Å². The zero-order valence-corrected chi connectivity index (χ0v) is 11.1. The van der Waals surface area contributed by atoms with E-state index in [4.69, 9.17) is 11.6 Å². The summed E-state index contributed by atoms with van der Waals surface area (Å²) in [5.74, 6) is 1.23. The van der Waals surface area contributed by atoms with Gasteiger partial charge in [0.2, 0.25) is 0 Å². The van der Waals surface area contributed by atoms with Crippen LogP contribution >= 0.6 is 11.6 Å². The largest absolute Gasteiger partial charge is 0.418 e. The van der Waals surface area contributed by atoms with Gasteiger partial charge in [-0.25, -0.2) is 0 Å². The topological polar surface area (TPSA) is 12.0 Å². The van der Waals surface area contributed by atoms with Crippen LogP contribution in [0.25, 0.3) is 0 Å². The molecule has 0 saturated heterocycles. The molecule has 1 N–H and O–H groups in total. The van der Waals surface area contributed by atoms with Crippen LogP contribution in [-0.4, -0.2) is 6.04 Å². The Bertz CT molecular complexity index is 486. The number of hydrogen-bond acceptors (Lipinski definition) is 1. The third kappa shape index (κ3) is 2.55. The highest BCUT2D eigenvalue weighted by molar-refractivity contribution is 6.30. The minimum Gasteiger partial charge on any atom is -0.382 e. The fourth-order valence-corrected chi connectivity index (χ4v) is 3.67. The Morgan fingerprint density at radius 1 is 1.16 bits per heavy atom. The molecular weight excluding hydrogens is 275 g/mol. The van der Waals surface area contributed by atoms with Crippen molar-refractivity contribution in [1.29, 1.82) is 0 Å². The van der Waals surface area contributed by atoms with Crippen molar-refractivity contribution in [3.63, 3.8) is 0 Å². The minimum absolute atomic E-state index is 0.116. The molecule has 3 unspecified atom stereocenters. The number of halogens is 4. The summed E-state index contributed by atoms with van der Waals surface area (Å²) in [5.41, 5.74) is -0.503. The molecule has 2 aliphatic carbocycles. The summed E-state index contributed by atoms with van der Waals surface area (Å²) in [6.45, 7) is 0. The number of fused-ring (bicyclic) bond motifs is 2. The van der Waals surface area contributed by atoms with E-state index < -0.39 is 11.7 Å². The Labute approximate surface area is 115 Å². The van der Waals surface area contributed by atoms with E-state index in [1.165, 1.54) is 18.6 Å². The first-order valence-electron chi connectivity index (χ1n) is 6.57. The highest BCUT2D eigenvalue weighted by atomic mass is 35.5. The van der Waals surface area contributed by atoms with E-state index >= 15 is 0 Å². The summed E-state index contributed by atoms with van der Waals surface area (Å²) in [4.78, 5) is 0. The molecule has 2 aliphatic rings. The Balaban J connectivity index is 1.84. The van der Waals surface area contributed by atoms with Gasteiger partial charge < -0.3 is 5.32 Å². The van der Waals surface area contributed by atoms with Crippen LogP contribution in [0.2, 0.25) is 5.02 Å². The molecule has 2 saturated carbocycles. The lowest BCUT2D eigenvalue weighted by molar-refractivity contribution is -0.137. The van der Waals surface area contributed by atoms with Gasteiger partial charge in [-0.15, -0.1) is 0 Å². The number of anilines is 1. The predicted molar refractivity (Wildman–Crippen MR) is 69.3 cm³/mol. The highest BCUT2D eigenvalue weighted by Gasteiger charge is 2.41. The van der Waals surface area contributed by atoms with Gasteiger partial charge in [0.15, 0.2) is 0 Å². The van der Waals surface area contributed by atoms with Crippen LogP contribution < -0.4 is 5.32 Å². The molecule has 2 bridgehead atoms. The van der Waals surface area contributed by atoms with Crippen molar-refractivity contribution in [2.45, 2.75) is 37.9 Å². The average Bonchev–Trinajstić information content (AvgIpc) is 2.92. The molecule has 3 rings (SSSR count). The number of nitrogens with one attached hydrogen (secondary N) is 1. The van der Waals surface area contributed by atoms with Gasteiger partial charge in [-0.05, 0) is 49.3 Å². The van der Waals surface area contributed by atoms with E-state index in [0.29, 0.717) is 11.8 Å². The van der Waals surface area contributed by atoms with Crippen molar-refractivity contribution >= 4 is 17.3 Å². The first-order valence-corrected chi connectivity index (χ1v) is 6.94. The Hall–Kier alpha value is -0.900. The van der Waals surface area contributed by atoms with E-state index in [2.05, 4.69) is 5.32 Å². The minimum atomic E-state index is -4.37. The molecule has 0 aliphatic heterocycles. The summed E-state index contributed by atoms with van der Waals surface area (Å²) in [7, 11) is 0. The number of rotatable bonds is 2. The third-order valence-corrected chi connectivity index (χ3v) is 4.60. The summed E-state index contributed by atoms with van der Waals surface area (Å²) in [5, 5.41) is 3.21. The number of hydrogen-bond donors (Lipinski definition) is 1. The maximum atomic E-state index is 13.0. The van der Waals surface area contributed by atoms with Crippen LogP contribution in [0.15, 0.2) is 18.2 Å². The number of alkyl halides is 3. The Morgan fingerprint density at radius 3 is 2.53 bits per heavy atom. The van der Waals surface area contributed by atoms with Gasteiger partial charge in [0.1, 0.15) is 0 Å². The fourth-order valence-electron chi connectivity index (χ4n) is 3.50. The van der Waals surface area contributed by atoms with Crippen LogP contribution in [0.1, 0.15) is 31.2 Å². The molecule has 5 heteroatoms. The summed E-state index contributed by atoms with van der Waals surface area (Å²) >= 11 is 5.67. The molecule has 1 nitrogen and oxygen atoms in total. The van der Waals surface area contributed by atoms with E-state index in [0.717, 1.165) is 25.3 Å². The molecule has 0 radical (unpaired) electrons. The van der Waals surface area contributed by atoms with Crippen molar-refractivity contribution < 1.29 is 13.2 Å². The predicted octanol–water partition coefficient (Wildman–Crippen LogP) is 4.96. The highest BCUT2D eigenvalue weighted by Crippen LogP contribution is 2.46. The first kappa shape index (κ1) is 13.1. The lowest BCUT2D eigenvalue weighted by Crippen LogP contribution is -2.27. The van der Waals surface area contributed by atoms with Crippen LogP contribution in [0.5, 0.6) is 0 Å². The summed E-state index contributed by atoms with van der Waals surface area (Å²) < 4.78 is 39.0. The standard InChI is InChI=1S/C14H15ClF3N/c15-10-3-4-12(11(7-10)14(16,17)18)19-13-6-8-1-2-9(13)5-8/h3-4,7-9,13,19H,1-2,5-6H2. The molecule has 0 amide bonds. The molecule has 104 valence electrons. The third-order valence-electron chi connectivity index (χ3n) is 4.37. The lowest BCUT2D eigenvalue weighted by Gasteiger charge is -2.26. The quantitative estimate of drug-likeness (QED) is 0.811. The molecule has 0 spiro atoms. The van der Waals surface area contributed by atoms with E-state index in [1.807, 2.05) is 0 Å². The zero-order chi connectivity index (χ0) is 13.6. The summed E-state index contributed by atoms with van der Waals surface area (Å²) in [6.07, 6.45) is 0.148. The van der Waals surface area contributed by atoms with Crippen molar-refractivity contribution in [3.8, 4) is 0 Å². The first-order chi connectivity index (χ1) is 8.93. The normalized spacial score (nSPS) is 29.8. The number of benzene rings is 1. The van der Waals surface area contributed by atoms with Gasteiger partial charge in [0, 0.05) is 16.8 Å². The average molecular weight is 290 g/mol. The maximum absolute atomic E-state index is 13.0. The molecule has 3 atom stereocenters. The van der Waals surface area contributed by atoms with Crippen LogP contribution in [0, 0.1) is 11.8 Å². The van der Waals surface area contributed by atoms with Gasteiger partial charge in [-0.3, -0.25) is 0 Å². The van der Waals surface area contributed by atoms with Crippen molar-refractivity contribution in [2.24, 2.45) is 11.8 Å².